The molecule has 0 atom stereocenters. The maximum atomic E-state index is 11.4. The molecule has 3 N–H and O–H groups in total. The van der Waals surface area contributed by atoms with Crippen LogP contribution >= 0.6 is 0 Å². The lowest BCUT2D eigenvalue weighted by Crippen LogP contribution is -2.41. The third-order valence-electron chi connectivity index (χ3n) is 2.23. The lowest BCUT2D eigenvalue weighted by Gasteiger charge is -2.11. The van der Waals surface area contributed by atoms with E-state index in [1.54, 1.807) is 18.2 Å². The van der Waals surface area contributed by atoms with Gasteiger partial charge in [0.1, 0.15) is 5.75 Å². The molecular formula is C11H16N4O4S. The predicted molar refractivity (Wildman–Crippen MR) is 74.5 cm³/mol. The minimum atomic E-state index is -3.65. The third-order valence-corrected chi connectivity index (χ3v) is 3.70. The second kappa shape index (κ2) is 6.98. The van der Waals surface area contributed by atoms with E-state index in [1.807, 2.05) is 0 Å². The van der Waals surface area contributed by atoms with E-state index in [2.05, 4.69) is 15.2 Å². The number of para-hydroxylation sites is 1. The maximum absolute atomic E-state index is 11.4. The fourth-order valence-electron chi connectivity index (χ4n) is 1.10. The quantitative estimate of drug-likeness (QED) is 0.473. The Kier molecular flexibility index (Phi) is 5.62. The van der Waals surface area contributed by atoms with Gasteiger partial charge in [-0.2, -0.15) is 22.5 Å². The van der Waals surface area contributed by atoms with Crippen LogP contribution < -0.4 is 10.1 Å². The monoisotopic (exact) mass is 300 g/mol. The molecule has 0 heterocycles. The Balaban J connectivity index is 2.47. The van der Waals surface area contributed by atoms with Gasteiger partial charge in [-0.1, -0.05) is 12.1 Å². The lowest BCUT2D eigenvalue weighted by atomic mass is 10.2. The SMILES string of the molecule is CN(C)S(=O)(=O)NCC(=O)N/N=C\c1ccccc1O. The van der Waals surface area contributed by atoms with Gasteiger partial charge in [0, 0.05) is 19.7 Å². The topological polar surface area (TPSA) is 111 Å². The van der Waals surface area contributed by atoms with E-state index in [0.717, 1.165) is 4.31 Å². The Labute approximate surface area is 117 Å². The number of nitrogens with one attached hydrogen (secondary N) is 2. The van der Waals surface area contributed by atoms with E-state index >= 15 is 0 Å². The van der Waals surface area contributed by atoms with E-state index in [0.29, 0.717) is 5.56 Å². The summed E-state index contributed by atoms with van der Waals surface area (Å²) >= 11 is 0. The summed E-state index contributed by atoms with van der Waals surface area (Å²) in [6.07, 6.45) is 1.26. The predicted octanol–water partition coefficient (Wildman–Crippen LogP) is -0.762. The Morgan fingerprint density at radius 1 is 1.40 bits per heavy atom. The molecule has 20 heavy (non-hydrogen) atoms. The zero-order chi connectivity index (χ0) is 15.2. The zero-order valence-corrected chi connectivity index (χ0v) is 11.9. The van der Waals surface area contributed by atoms with E-state index in [9.17, 15) is 18.3 Å². The Morgan fingerprint density at radius 2 is 2.05 bits per heavy atom. The average Bonchev–Trinajstić information content (AvgIpc) is 2.38. The summed E-state index contributed by atoms with van der Waals surface area (Å²) in [5.41, 5.74) is 2.58. The molecular weight excluding hydrogens is 284 g/mol. The number of rotatable bonds is 6. The van der Waals surface area contributed by atoms with Gasteiger partial charge >= 0.3 is 0 Å². The fraction of sp³-hybridized carbons (Fsp3) is 0.273. The number of phenols is 1. The van der Waals surface area contributed by atoms with Crippen LogP contribution in [0.4, 0.5) is 0 Å². The van der Waals surface area contributed by atoms with Crippen LogP contribution in [0.2, 0.25) is 0 Å². The molecule has 9 heteroatoms. The molecule has 8 nitrogen and oxygen atoms in total. The van der Waals surface area contributed by atoms with Gasteiger partial charge < -0.3 is 5.11 Å². The molecule has 1 amide bonds. The van der Waals surface area contributed by atoms with Crippen LogP contribution in [0, 0.1) is 0 Å². The van der Waals surface area contributed by atoms with Gasteiger partial charge in [0.25, 0.3) is 16.1 Å². The largest absolute Gasteiger partial charge is 0.507 e. The van der Waals surface area contributed by atoms with Crippen LogP contribution in [-0.2, 0) is 15.0 Å². The number of carbonyl (C=O) groups is 1. The summed E-state index contributed by atoms with van der Waals surface area (Å²) in [7, 11) is -0.959. The van der Waals surface area contributed by atoms with Crippen molar-refractivity contribution in [3.05, 3.63) is 29.8 Å². The summed E-state index contributed by atoms with van der Waals surface area (Å²) in [6, 6.07) is 6.45. The van der Waals surface area contributed by atoms with Crippen molar-refractivity contribution in [3.8, 4) is 5.75 Å². The summed E-state index contributed by atoms with van der Waals surface area (Å²) < 4.78 is 25.7. The van der Waals surface area contributed by atoms with Crippen LogP contribution in [0.5, 0.6) is 5.75 Å². The first kappa shape index (κ1) is 16.1. The van der Waals surface area contributed by atoms with Crippen molar-refractivity contribution >= 4 is 22.3 Å². The normalized spacial score (nSPS) is 11.9. The van der Waals surface area contributed by atoms with E-state index < -0.39 is 22.7 Å². The summed E-state index contributed by atoms with van der Waals surface area (Å²) in [5.74, 6) is -0.596. The van der Waals surface area contributed by atoms with Crippen LogP contribution in [0.15, 0.2) is 29.4 Å². The highest BCUT2D eigenvalue weighted by molar-refractivity contribution is 7.87. The Morgan fingerprint density at radius 3 is 2.65 bits per heavy atom. The van der Waals surface area contributed by atoms with Crippen LogP contribution in [0.3, 0.4) is 0 Å². The standard InChI is InChI=1S/C11H16N4O4S/c1-15(2)20(18,19)13-8-11(17)14-12-7-9-5-3-4-6-10(9)16/h3-7,13,16H,8H2,1-2H3,(H,14,17)/b12-7-. The van der Waals surface area contributed by atoms with E-state index in [-0.39, 0.29) is 5.75 Å². The lowest BCUT2D eigenvalue weighted by molar-refractivity contribution is -0.119. The number of nitrogens with zero attached hydrogens (tertiary/aromatic N) is 2. The minimum absolute atomic E-state index is 0.0267. The maximum Gasteiger partial charge on any atom is 0.279 e. The van der Waals surface area contributed by atoms with Gasteiger partial charge in [0.2, 0.25) is 0 Å². The van der Waals surface area contributed by atoms with E-state index in [1.165, 1.54) is 26.4 Å². The van der Waals surface area contributed by atoms with Gasteiger partial charge in [0.15, 0.2) is 0 Å². The number of amides is 1. The van der Waals surface area contributed by atoms with Crippen LogP contribution in [0.25, 0.3) is 0 Å². The zero-order valence-electron chi connectivity index (χ0n) is 11.1. The summed E-state index contributed by atoms with van der Waals surface area (Å²) in [6.45, 7) is -0.432. The molecule has 0 aliphatic rings. The summed E-state index contributed by atoms with van der Waals surface area (Å²) in [5, 5.41) is 13.1. The smallest absolute Gasteiger partial charge is 0.279 e. The molecule has 1 aromatic rings. The van der Waals surface area contributed by atoms with Crippen molar-refractivity contribution in [2.45, 2.75) is 0 Å². The van der Waals surface area contributed by atoms with Gasteiger partial charge in [-0.05, 0) is 12.1 Å². The highest BCUT2D eigenvalue weighted by Gasteiger charge is 2.13. The average molecular weight is 300 g/mol. The number of phenolic OH excluding ortho intramolecular Hbond substituents is 1. The third kappa shape index (κ3) is 4.96. The van der Waals surface area contributed by atoms with Crippen molar-refractivity contribution in [3.63, 3.8) is 0 Å². The van der Waals surface area contributed by atoms with Crippen molar-refractivity contribution in [2.24, 2.45) is 5.10 Å². The van der Waals surface area contributed by atoms with Gasteiger partial charge in [-0.15, -0.1) is 0 Å². The van der Waals surface area contributed by atoms with Crippen LogP contribution in [-0.4, -0.2) is 50.6 Å². The number of hydrogen-bond donors (Lipinski definition) is 3. The van der Waals surface area contributed by atoms with Gasteiger partial charge in [-0.3, -0.25) is 4.79 Å². The molecule has 0 aliphatic heterocycles. The van der Waals surface area contributed by atoms with E-state index in [4.69, 9.17) is 0 Å². The van der Waals surface area contributed by atoms with Crippen molar-refractivity contribution < 1.29 is 18.3 Å². The first-order chi connectivity index (χ1) is 9.33. The molecule has 0 aliphatic carbocycles. The Hall–Kier alpha value is -1.97. The molecule has 1 rings (SSSR count). The molecule has 0 fully saturated rings. The molecule has 0 saturated carbocycles. The number of hydrazone groups is 1. The minimum Gasteiger partial charge on any atom is -0.507 e. The van der Waals surface area contributed by atoms with Crippen molar-refractivity contribution in [2.75, 3.05) is 20.6 Å². The number of aromatic hydroxyl groups is 1. The Bertz CT molecular complexity index is 598. The second-order valence-corrected chi connectivity index (χ2v) is 5.93. The molecule has 0 radical (unpaired) electrons. The van der Waals surface area contributed by atoms with Gasteiger partial charge in [0.05, 0.1) is 12.8 Å². The fourth-order valence-corrected chi connectivity index (χ4v) is 1.67. The molecule has 0 unspecified atom stereocenters. The molecule has 1 aromatic carbocycles. The highest BCUT2D eigenvalue weighted by atomic mass is 32.2. The second-order valence-electron chi connectivity index (χ2n) is 3.96. The first-order valence-electron chi connectivity index (χ1n) is 5.60. The van der Waals surface area contributed by atoms with Crippen molar-refractivity contribution in [1.82, 2.24) is 14.5 Å². The molecule has 0 saturated heterocycles. The molecule has 110 valence electrons. The molecule has 0 bridgehead atoms. The summed E-state index contributed by atoms with van der Waals surface area (Å²) in [4.78, 5) is 11.4. The molecule has 0 spiro atoms. The first-order valence-corrected chi connectivity index (χ1v) is 7.04. The highest BCUT2D eigenvalue weighted by Crippen LogP contribution is 2.12. The van der Waals surface area contributed by atoms with Gasteiger partial charge in [-0.25, -0.2) is 5.43 Å². The molecule has 0 aromatic heterocycles. The van der Waals surface area contributed by atoms with Crippen LogP contribution in [0.1, 0.15) is 5.56 Å². The number of hydrogen-bond acceptors (Lipinski definition) is 5. The number of carbonyl (C=O) groups excluding carboxylic acids is 1. The van der Waals surface area contributed by atoms with Crippen molar-refractivity contribution in [1.29, 1.82) is 0 Å². The number of benzene rings is 1.